The normalized spacial score (nSPS) is 15.2. The maximum Gasteiger partial charge on any atom is 0.240 e. The van der Waals surface area contributed by atoms with Crippen molar-refractivity contribution in [2.24, 2.45) is 5.41 Å². The molecule has 1 aliphatic carbocycles. The predicted molar refractivity (Wildman–Crippen MR) is 86.3 cm³/mol. The Balaban J connectivity index is 1.98. The van der Waals surface area contributed by atoms with Crippen LogP contribution in [0.1, 0.15) is 19.3 Å². The standard InChI is InChI=1S/C15H18Cl2N2O3/c1-22-9-3-8-18-13(20)15(6-7-15)14(21)19-12-10(16)4-2-5-11(12)17/h2,4-5H,3,6-9H2,1H3,(H,18,20)(H,19,21). The molecule has 2 N–H and O–H groups in total. The Kier molecular flexibility index (Phi) is 5.67. The van der Waals surface area contributed by atoms with Gasteiger partial charge in [0.2, 0.25) is 11.8 Å². The summed E-state index contributed by atoms with van der Waals surface area (Å²) in [5.41, 5.74) is -0.662. The molecular formula is C15H18Cl2N2O3. The minimum atomic E-state index is -1.00. The average molecular weight is 345 g/mol. The molecule has 22 heavy (non-hydrogen) atoms. The van der Waals surface area contributed by atoms with Crippen LogP contribution in [0.25, 0.3) is 0 Å². The van der Waals surface area contributed by atoms with Crippen LogP contribution in [0.5, 0.6) is 0 Å². The molecule has 1 saturated carbocycles. The molecule has 0 saturated heterocycles. The lowest BCUT2D eigenvalue weighted by Crippen LogP contribution is -2.40. The number of nitrogens with one attached hydrogen (secondary N) is 2. The van der Waals surface area contributed by atoms with E-state index in [2.05, 4.69) is 10.6 Å². The van der Waals surface area contributed by atoms with Crippen LogP contribution < -0.4 is 10.6 Å². The van der Waals surface area contributed by atoms with Crippen molar-refractivity contribution in [3.63, 3.8) is 0 Å². The second kappa shape index (κ2) is 7.31. The van der Waals surface area contributed by atoms with Crippen molar-refractivity contribution in [1.82, 2.24) is 5.32 Å². The second-order valence-corrected chi connectivity index (χ2v) is 6.05. The van der Waals surface area contributed by atoms with E-state index in [9.17, 15) is 9.59 Å². The number of amides is 2. The molecule has 1 fully saturated rings. The molecule has 0 radical (unpaired) electrons. The van der Waals surface area contributed by atoms with Crippen LogP contribution in [0.2, 0.25) is 10.0 Å². The van der Waals surface area contributed by atoms with Crippen LogP contribution in [0.3, 0.4) is 0 Å². The molecule has 0 unspecified atom stereocenters. The van der Waals surface area contributed by atoms with Gasteiger partial charge < -0.3 is 15.4 Å². The fourth-order valence-corrected chi connectivity index (χ4v) is 2.61. The smallest absolute Gasteiger partial charge is 0.240 e. The summed E-state index contributed by atoms with van der Waals surface area (Å²) in [6, 6.07) is 4.95. The molecule has 2 rings (SSSR count). The van der Waals surface area contributed by atoms with Crippen molar-refractivity contribution in [2.45, 2.75) is 19.3 Å². The SMILES string of the molecule is COCCCNC(=O)C1(C(=O)Nc2c(Cl)cccc2Cl)CC1. The van der Waals surface area contributed by atoms with Crippen LogP contribution in [0, 0.1) is 5.41 Å². The Hall–Kier alpha value is -1.30. The Labute approximate surface area is 139 Å². The summed E-state index contributed by atoms with van der Waals surface area (Å²) in [5, 5.41) is 6.13. The highest BCUT2D eigenvalue weighted by Crippen LogP contribution is 2.47. The molecule has 1 aliphatic rings. The monoisotopic (exact) mass is 344 g/mol. The predicted octanol–water partition coefficient (Wildman–Crippen LogP) is 2.86. The third kappa shape index (κ3) is 3.72. The van der Waals surface area contributed by atoms with Crippen molar-refractivity contribution in [3.8, 4) is 0 Å². The lowest BCUT2D eigenvalue weighted by Gasteiger charge is -2.16. The maximum atomic E-state index is 12.4. The number of anilines is 1. The number of hydrogen-bond acceptors (Lipinski definition) is 3. The third-order valence-electron chi connectivity index (χ3n) is 3.63. The number of hydrogen-bond donors (Lipinski definition) is 2. The van der Waals surface area contributed by atoms with Gasteiger partial charge in [-0.2, -0.15) is 0 Å². The molecule has 7 heteroatoms. The Morgan fingerprint density at radius 3 is 2.41 bits per heavy atom. The molecule has 0 aromatic heterocycles. The van der Waals surface area contributed by atoms with Gasteiger partial charge in [-0.15, -0.1) is 0 Å². The molecule has 0 bridgehead atoms. The topological polar surface area (TPSA) is 67.4 Å². The van der Waals surface area contributed by atoms with Gasteiger partial charge in [0.15, 0.2) is 0 Å². The van der Waals surface area contributed by atoms with Gasteiger partial charge in [0.05, 0.1) is 15.7 Å². The molecule has 0 heterocycles. The van der Waals surface area contributed by atoms with Crippen molar-refractivity contribution in [1.29, 1.82) is 0 Å². The number of carbonyl (C=O) groups excluding carboxylic acids is 2. The Morgan fingerprint density at radius 2 is 1.86 bits per heavy atom. The molecular weight excluding hydrogens is 327 g/mol. The summed E-state index contributed by atoms with van der Waals surface area (Å²) in [4.78, 5) is 24.6. The van der Waals surface area contributed by atoms with E-state index in [4.69, 9.17) is 27.9 Å². The lowest BCUT2D eigenvalue weighted by molar-refractivity contribution is -0.134. The van der Waals surface area contributed by atoms with Crippen LogP contribution in [-0.2, 0) is 14.3 Å². The molecule has 0 atom stereocenters. The minimum absolute atomic E-state index is 0.260. The fraction of sp³-hybridized carbons (Fsp3) is 0.467. The summed E-state index contributed by atoms with van der Waals surface area (Å²) >= 11 is 12.1. The first kappa shape index (κ1) is 17.1. The van der Waals surface area contributed by atoms with Crippen molar-refractivity contribution in [2.75, 3.05) is 25.6 Å². The Bertz CT molecular complexity index is 554. The number of methoxy groups -OCH3 is 1. The largest absolute Gasteiger partial charge is 0.385 e. The summed E-state index contributed by atoms with van der Waals surface area (Å²) < 4.78 is 4.92. The van der Waals surface area contributed by atoms with Crippen molar-refractivity contribution in [3.05, 3.63) is 28.2 Å². The summed E-state index contributed by atoms with van der Waals surface area (Å²) in [6.07, 6.45) is 1.75. The molecule has 0 aliphatic heterocycles. The zero-order valence-electron chi connectivity index (χ0n) is 12.2. The van der Waals surface area contributed by atoms with Crippen molar-refractivity contribution >= 4 is 40.7 Å². The Morgan fingerprint density at radius 1 is 1.23 bits per heavy atom. The highest BCUT2D eigenvalue weighted by atomic mass is 35.5. The first-order valence-electron chi connectivity index (χ1n) is 7.04. The highest BCUT2D eigenvalue weighted by Gasteiger charge is 2.56. The van der Waals surface area contributed by atoms with Crippen molar-refractivity contribution < 1.29 is 14.3 Å². The molecule has 1 aromatic carbocycles. The van der Waals surface area contributed by atoms with Crippen LogP contribution in [0.15, 0.2) is 18.2 Å². The minimum Gasteiger partial charge on any atom is -0.385 e. The van der Waals surface area contributed by atoms with E-state index >= 15 is 0 Å². The van der Waals surface area contributed by atoms with E-state index < -0.39 is 5.41 Å². The summed E-state index contributed by atoms with van der Waals surface area (Å²) in [6.45, 7) is 1.04. The number of carbonyl (C=O) groups is 2. The van der Waals surface area contributed by atoms with Gasteiger partial charge in [-0.1, -0.05) is 29.3 Å². The van der Waals surface area contributed by atoms with Gasteiger partial charge in [-0.05, 0) is 31.4 Å². The van der Waals surface area contributed by atoms with Gasteiger partial charge in [0, 0.05) is 20.3 Å². The third-order valence-corrected chi connectivity index (χ3v) is 4.26. The van der Waals surface area contributed by atoms with E-state index in [1.54, 1.807) is 25.3 Å². The van der Waals surface area contributed by atoms with Gasteiger partial charge in [0.1, 0.15) is 5.41 Å². The maximum absolute atomic E-state index is 12.4. The number of para-hydroxylation sites is 1. The highest BCUT2D eigenvalue weighted by molar-refractivity contribution is 6.40. The fourth-order valence-electron chi connectivity index (χ4n) is 2.12. The van der Waals surface area contributed by atoms with Gasteiger partial charge in [-0.3, -0.25) is 9.59 Å². The van der Waals surface area contributed by atoms with Gasteiger partial charge in [0.25, 0.3) is 0 Å². The summed E-state index contributed by atoms with van der Waals surface area (Å²) in [7, 11) is 1.60. The zero-order chi connectivity index (χ0) is 16.2. The summed E-state index contributed by atoms with van der Waals surface area (Å²) in [5.74, 6) is -0.629. The van der Waals surface area contributed by atoms with Gasteiger partial charge in [-0.25, -0.2) is 0 Å². The van der Waals surface area contributed by atoms with E-state index in [0.717, 1.165) is 0 Å². The molecule has 1 aromatic rings. The number of rotatable bonds is 7. The quantitative estimate of drug-likeness (QED) is 0.590. The number of ether oxygens (including phenoxy) is 1. The van der Waals surface area contributed by atoms with Crippen LogP contribution >= 0.6 is 23.2 Å². The van der Waals surface area contributed by atoms with E-state index in [1.807, 2.05) is 0 Å². The van der Waals surface area contributed by atoms with Gasteiger partial charge >= 0.3 is 0 Å². The first-order chi connectivity index (χ1) is 10.5. The first-order valence-corrected chi connectivity index (χ1v) is 7.79. The van der Waals surface area contributed by atoms with E-state index in [-0.39, 0.29) is 11.8 Å². The lowest BCUT2D eigenvalue weighted by atomic mass is 10.0. The number of halogens is 2. The van der Waals surface area contributed by atoms with E-state index in [0.29, 0.717) is 48.1 Å². The van der Waals surface area contributed by atoms with E-state index in [1.165, 1.54) is 0 Å². The average Bonchev–Trinajstić information content (AvgIpc) is 3.29. The van der Waals surface area contributed by atoms with Crippen LogP contribution in [-0.4, -0.2) is 32.1 Å². The number of benzene rings is 1. The zero-order valence-corrected chi connectivity index (χ0v) is 13.8. The molecule has 2 amide bonds. The molecule has 120 valence electrons. The van der Waals surface area contributed by atoms with Crippen LogP contribution in [0.4, 0.5) is 5.69 Å². The molecule has 0 spiro atoms. The molecule has 5 nitrogen and oxygen atoms in total. The second-order valence-electron chi connectivity index (χ2n) is 5.24.